The largest absolute Gasteiger partial charge is 0.480 e. The van der Waals surface area contributed by atoms with E-state index in [1.54, 1.807) is 17.8 Å². The summed E-state index contributed by atoms with van der Waals surface area (Å²) in [6.07, 6.45) is 4.01. The van der Waals surface area contributed by atoms with Crippen molar-refractivity contribution < 1.29 is 41.4 Å². The Bertz CT molecular complexity index is 2290. The van der Waals surface area contributed by atoms with Crippen molar-refractivity contribution in [2.24, 2.45) is 7.05 Å². The van der Waals surface area contributed by atoms with E-state index in [2.05, 4.69) is 15.3 Å². The molecule has 0 bridgehead atoms. The number of esters is 1. The second-order valence-electron chi connectivity index (χ2n) is 10.4. The first-order chi connectivity index (χ1) is 22.3. The lowest BCUT2D eigenvalue weighted by Gasteiger charge is -2.16. The number of benzene rings is 2. The van der Waals surface area contributed by atoms with Crippen LogP contribution < -0.4 is 15.6 Å². The molecule has 0 aliphatic carbocycles. The Morgan fingerprint density at radius 1 is 1.06 bits per heavy atom. The van der Waals surface area contributed by atoms with Crippen LogP contribution >= 0.6 is 0 Å². The Kier molecular flexibility index (Phi) is 7.76. The molecule has 4 heterocycles. The molecule has 3 N–H and O–H groups in total. The summed E-state index contributed by atoms with van der Waals surface area (Å²) in [6.45, 7) is -0.0244. The minimum Gasteiger partial charge on any atom is -0.480 e. The second kappa shape index (κ2) is 11.8. The highest BCUT2D eigenvalue weighted by Crippen LogP contribution is 2.27. The predicted molar refractivity (Wildman–Crippen MR) is 159 cm³/mol. The molecule has 1 aliphatic rings. The lowest BCUT2D eigenvalue weighted by Crippen LogP contribution is -2.42. The number of amides is 1. The number of aryl methyl sites for hydroxylation is 1. The molecule has 14 nitrogen and oxygen atoms in total. The van der Waals surface area contributed by atoms with Crippen molar-refractivity contribution in [2.75, 3.05) is 4.72 Å². The SMILES string of the molecule is Cn1c2cnccc2c(=O)n1-c1ccc(C[C@H](NC(=O)c2cc(F)c(NS(=O)(=O)c3ccc4c(c3)C(=O)OC4)cc2F)C(=O)O)nc1. The van der Waals surface area contributed by atoms with Crippen molar-refractivity contribution in [1.82, 2.24) is 24.6 Å². The minimum absolute atomic E-state index is 0.0173. The normalized spacial score (nSPS) is 13.2. The zero-order valence-corrected chi connectivity index (χ0v) is 24.9. The maximum absolute atomic E-state index is 15.0. The fourth-order valence-electron chi connectivity index (χ4n) is 5.04. The highest BCUT2D eigenvalue weighted by molar-refractivity contribution is 7.92. The van der Waals surface area contributed by atoms with Crippen molar-refractivity contribution >= 4 is 44.5 Å². The van der Waals surface area contributed by atoms with Gasteiger partial charge in [-0.25, -0.2) is 31.5 Å². The van der Waals surface area contributed by atoms with E-state index in [9.17, 15) is 41.5 Å². The van der Waals surface area contributed by atoms with Gasteiger partial charge in [0.05, 0.1) is 50.7 Å². The van der Waals surface area contributed by atoms with Crippen LogP contribution in [-0.4, -0.2) is 56.7 Å². The lowest BCUT2D eigenvalue weighted by molar-refractivity contribution is -0.139. The lowest BCUT2D eigenvalue weighted by atomic mass is 10.1. The van der Waals surface area contributed by atoms with E-state index in [-0.39, 0.29) is 29.8 Å². The molecule has 5 aromatic rings. The number of aliphatic carboxylic acids is 1. The third kappa shape index (κ3) is 5.79. The highest BCUT2D eigenvalue weighted by atomic mass is 32.2. The Labute approximate surface area is 263 Å². The summed E-state index contributed by atoms with van der Waals surface area (Å²) in [4.78, 5) is 57.3. The average Bonchev–Trinajstić information content (AvgIpc) is 3.54. The number of pyridine rings is 2. The van der Waals surface area contributed by atoms with Crippen LogP contribution in [0.15, 0.2) is 76.8 Å². The van der Waals surface area contributed by atoms with Gasteiger partial charge in [-0.15, -0.1) is 0 Å². The van der Waals surface area contributed by atoms with Gasteiger partial charge in [-0.05, 0) is 36.4 Å². The Morgan fingerprint density at radius 3 is 2.55 bits per heavy atom. The van der Waals surface area contributed by atoms with Gasteiger partial charge >= 0.3 is 11.9 Å². The summed E-state index contributed by atoms with van der Waals surface area (Å²) in [5.74, 6) is -6.18. The maximum Gasteiger partial charge on any atom is 0.338 e. The Morgan fingerprint density at radius 2 is 1.85 bits per heavy atom. The molecule has 0 unspecified atom stereocenters. The van der Waals surface area contributed by atoms with Crippen LogP contribution in [0.1, 0.15) is 32.0 Å². The molecule has 240 valence electrons. The molecule has 0 spiro atoms. The van der Waals surface area contributed by atoms with Crippen molar-refractivity contribution in [3.05, 3.63) is 111 Å². The number of aromatic nitrogens is 4. The van der Waals surface area contributed by atoms with E-state index < -0.39 is 61.7 Å². The molecule has 0 radical (unpaired) electrons. The zero-order valence-electron chi connectivity index (χ0n) is 24.1. The summed E-state index contributed by atoms with van der Waals surface area (Å²) in [6, 6.07) is 7.34. The summed E-state index contributed by atoms with van der Waals surface area (Å²) in [5, 5.41) is 12.3. The zero-order chi connectivity index (χ0) is 33.6. The van der Waals surface area contributed by atoms with Gasteiger partial charge in [0.2, 0.25) is 0 Å². The van der Waals surface area contributed by atoms with E-state index in [4.69, 9.17) is 4.74 Å². The van der Waals surface area contributed by atoms with Crippen LogP contribution in [0, 0.1) is 11.6 Å². The molecule has 0 saturated carbocycles. The van der Waals surface area contributed by atoms with Crippen LogP contribution in [0.5, 0.6) is 0 Å². The molecular weight excluding hydrogens is 642 g/mol. The maximum atomic E-state index is 15.0. The summed E-state index contributed by atoms with van der Waals surface area (Å²) in [7, 11) is -2.84. The molecule has 3 aromatic heterocycles. The summed E-state index contributed by atoms with van der Waals surface area (Å²) < 4.78 is 65.3. The number of nitrogens with one attached hydrogen (secondary N) is 2. The van der Waals surface area contributed by atoms with Gasteiger partial charge in [0.25, 0.3) is 21.5 Å². The third-order valence-electron chi connectivity index (χ3n) is 7.46. The van der Waals surface area contributed by atoms with Crippen molar-refractivity contribution in [2.45, 2.75) is 24.0 Å². The molecule has 0 saturated heterocycles. The Hall–Kier alpha value is -5.97. The number of carboxylic acids is 1. The van der Waals surface area contributed by atoms with E-state index in [0.717, 1.165) is 12.1 Å². The summed E-state index contributed by atoms with van der Waals surface area (Å²) in [5.41, 5.74) is -0.401. The van der Waals surface area contributed by atoms with Crippen LogP contribution in [-0.2, 0) is 39.6 Å². The number of carboxylic acid groups (broad SMARTS) is 1. The third-order valence-corrected chi connectivity index (χ3v) is 8.82. The number of cyclic esters (lactones) is 1. The number of anilines is 1. The molecule has 1 atom stereocenters. The quantitative estimate of drug-likeness (QED) is 0.197. The number of fused-ring (bicyclic) bond motifs is 2. The number of rotatable bonds is 9. The minimum atomic E-state index is -4.50. The first-order valence-corrected chi connectivity index (χ1v) is 15.1. The predicted octanol–water partition coefficient (Wildman–Crippen LogP) is 2.29. The topological polar surface area (TPSA) is 192 Å². The first kappa shape index (κ1) is 31.0. The number of ether oxygens (including phenoxy) is 1. The van der Waals surface area contributed by atoms with Gasteiger partial charge in [-0.2, -0.15) is 0 Å². The van der Waals surface area contributed by atoms with Gasteiger partial charge in [0.1, 0.15) is 24.3 Å². The first-order valence-electron chi connectivity index (χ1n) is 13.7. The monoisotopic (exact) mass is 664 g/mol. The number of sulfonamides is 1. The van der Waals surface area contributed by atoms with Crippen LogP contribution in [0.3, 0.4) is 0 Å². The van der Waals surface area contributed by atoms with Crippen molar-refractivity contribution in [3.8, 4) is 5.69 Å². The highest BCUT2D eigenvalue weighted by Gasteiger charge is 2.28. The van der Waals surface area contributed by atoms with E-state index in [0.29, 0.717) is 34.3 Å². The fraction of sp³-hybridized carbons (Fsp3) is 0.133. The summed E-state index contributed by atoms with van der Waals surface area (Å²) >= 11 is 0. The van der Waals surface area contributed by atoms with Crippen LogP contribution in [0.2, 0.25) is 0 Å². The Balaban J connectivity index is 1.17. The molecule has 2 aromatic carbocycles. The van der Waals surface area contributed by atoms with Gasteiger partial charge in [0.15, 0.2) is 0 Å². The number of hydrogen-bond donors (Lipinski definition) is 3. The van der Waals surface area contributed by atoms with E-state index in [1.807, 2.05) is 4.72 Å². The number of halogens is 2. The van der Waals surface area contributed by atoms with Crippen LogP contribution in [0.4, 0.5) is 14.5 Å². The van der Waals surface area contributed by atoms with Crippen LogP contribution in [0.25, 0.3) is 16.6 Å². The van der Waals surface area contributed by atoms with Gasteiger partial charge in [-0.3, -0.25) is 29.0 Å². The average molecular weight is 665 g/mol. The molecule has 17 heteroatoms. The molecule has 47 heavy (non-hydrogen) atoms. The molecule has 1 aliphatic heterocycles. The number of hydrogen-bond acceptors (Lipinski definition) is 9. The van der Waals surface area contributed by atoms with E-state index in [1.165, 1.54) is 41.5 Å². The number of carbonyl (C=O) groups is 3. The smallest absolute Gasteiger partial charge is 0.338 e. The van der Waals surface area contributed by atoms with E-state index >= 15 is 0 Å². The molecule has 6 rings (SSSR count). The van der Waals surface area contributed by atoms with Crippen molar-refractivity contribution in [1.29, 1.82) is 0 Å². The standard InChI is InChI=1S/C30H22F2N6O8S/c1-37-26-13-33-7-6-19(26)28(40)38(37)17-4-3-16(34-12-17)8-25(29(41)42)35-27(39)21-10-23(32)24(11-22(21)31)36-47(44,45)18-5-2-15-14-46-30(43)20(15)9-18/h2-7,9-13,25,36H,8,14H2,1H3,(H,35,39)(H,41,42)/t25-/m0/s1. The molecule has 0 fully saturated rings. The van der Waals surface area contributed by atoms with Gasteiger partial charge in [0, 0.05) is 37.0 Å². The van der Waals surface area contributed by atoms with Gasteiger partial charge < -0.3 is 15.2 Å². The molecular formula is C30H22F2N6O8S. The molecule has 1 amide bonds. The second-order valence-corrected chi connectivity index (χ2v) is 12.1. The van der Waals surface area contributed by atoms with Gasteiger partial charge in [-0.1, -0.05) is 6.07 Å². The number of nitrogens with zero attached hydrogens (tertiary/aromatic N) is 4. The number of carbonyl (C=O) groups excluding carboxylic acids is 2. The fourth-order valence-corrected chi connectivity index (χ4v) is 6.13. The van der Waals surface area contributed by atoms with Crippen molar-refractivity contribution in [3.63, 3.8) is 0 Å².